The van der Waals surface area contributed by atoms with E-state index in [-0.39, 0.29) is 35.7 Å². The van der Waals surface area contributed by atoms with E-state index in [2.05, 4.69) is 32.6 Å². The van der Waals surface area contributed by atoms with Crippen molar-refractivity contribution < 1.29 is 18.7 Å². The van der Waals surface area contributed by atoms with Crippen molar-refractivity contribution in [2.45, 2.75) is 69.8 Å². The molecule has 0 amide bonds. The number of hydrogen-bond donors (Lipinski definition) is 1. The summed E-state index contributed by atoms with van der Waals surface area (Å²) in [5, 5.41) is 13.0. The number of allylic oxidation sites excluding steroid dienone is 1. The number of halogens is 2. The first-order chi connectivity index (χ1) is 19.0. The van der Waals surface area contributed by atoms with Gasteiger partial charge in [0.05, 0.1) is 23.9 Å². The van der Waals surface area contributed by atoms with Crippen LogP contribution in [0.4, 0.5) is 10.2 Å². The Morgan fingerprint density at radius 3 is 2.95 bits per heavy atom. The van der Waals surface area contributed by atoms with Crippen molar-refractivity contribution in [1.29, 1.82) is 5.41 Å². The van der Waals surface area contributed by atoms with Crippen molar-refractivity contribution in [3.63, 3.8) is 0 Å². The van der Waals surface area contributed by atoms with Gasteiger partial charge in [0.15, 0.2) is 11.9 Å². The largest absolute Gasteiger partial charge is 0.353 e. The Hall–Kier alpha value is -2.70. The van der Waals surface area contributed by atoms with Crippen molar-refractivity contribution in [3.8, 4) is 0 Å². The van der Waals surface area contributed by atoms with Crippen LogP contribution in [0.2, 0.25) is 0 Å². The smallest absolute Gasteiger partial charge is 0.204 e. The van der Waals surface area contributed by atoms with Crippen molar-refractivity contribution in [2.75, 3.05) is 18.1 Å². The molecule has 4 heterocycles. The van der Waals surface area contributed by atoms with Crippen molar-refractivity contribution in [1.82, 2.24) is 14.6 Å². The molecular formula is C29H31FIN5O3. The van der Waals surface area contributed by atoms with Crippen molar-refractivity contribution in [2.24, 2.45) is 0 Å². The normalized spacial score (nSPS) is 24.6. The molecule has 39 heavy (non-hydrogen) atoms. The maximum Gasteiger partial charge on any atom is 0.204 e. The average molecular weight is 644 g/mol. The van der Waals surface area contributed by atoms with Gasteiger partial charge in [-0.1, -0.05) is 5.57 Å². The molecule has 3 aliphatic rings. The van der Waals surface area contributed by atoms with E-state index < -0.39 is 0 Å². The summed E-state index contributed by atoms with van der Waals surface area (Å²) in [6.07, 6.45) is 12.1. The molecule has 3 atom stereocenters. The van der Waals surface area contributed by atoms with E-state index in [1.807, 2.05) is 6.07 Å². The number of aromatic nitrogens is 3. The molecule has 1 unspecified atom stereocenters. The monoisotopic (exact) mass is 643 g/mol. The predicted octanol–water partition coefficient (Wildman–Crippen LogP) is 5.77. The Balaban J connectivity index is 1.19. The van der Waals surface area contributed by atoms with Crippen LogP contribution in [-0.4, -0.2) is 51.6 Å². The summed E-state index contributed by atoms with van der Waals surface area (Å²) in [5.74, 6) is 0.128. The van der Waals surface area contributed by atoms with Gasteiger partial charge in [-0.05, 0) is 110 Å². The second-order valence-electron chi connectivity index (χ2n) is 10.5. The molecule has 0 bridgehead atoms. The average Bonchev–Trinajstić information content (AvgIpc) is 3.70. The minimum Gasteiger partial charge on any atom is -0.353 e. The summed E-state index contributed by atoms with van der Waals surface area (Å²) in [7, 11) is 0. The van der Waals surface area contributed by atoms with Crippen molar-refractivity contribution >= 4 is 45.6 Å². The Morgan fingerprint density at radius 2 is 2.10 bits per heavy atom. The van der Waals surface area contributed by atoms with Gasteiger partial charge >= 0.3 is 0 Å². The standard InChI is InChI=1S/C29H31FIN5O3/c30-19-7-9-23(31)21(16-19)24-4-3-11-35(24)26-10-12-36-29(34-26)22(17-33-36)28(32)25(37)15-18-6-8-20(14-18)39-27-5-1-2-13-38-27/h7,9-10,12,15-17,20,24,27,32H,1-6,8,11,13-14H2/b18-15-,32-28?/t20-,24+,27?/m0/s1. The molecule has 2 aromatic heterocycles. The number of rotatable bonds is 7. The Morgan fingerprint density at radius 1 is 1.21 bits per heavy atom. The first kappa shape index (κ1) is 26.5. The highest BCUT2D eigenvalue weighted by molar-refractivity contribution is 14.1. The second-order valence-corrected chi connectivity index (χ2v) is 11.6. The summed E-state index contributed by atoms with van der Waals surface area (Å²) in [5.41, 5.74) is 2.69. The molecule has 0 spiro atoms. The lowest BCUT2D eigenvalue weighted by Gasteiger charge is -2.27. The number of ether oxygens (including phenoxy) is 2. The molecule has 204 valence electrons. The Kier molecular flexibility index (Phi) is 7.77. The van der Waals surface area contributed by atoms with Gasteiger partial charge in [-0.2, -0.15) is 5.10 Å². The maximum absolute atomic E-state index is 14.1. The molecule has 0 radical (unpaired) electrons. The van der Waals surface area contributed by atoms with E-state index in [4.69, 9.17) is 19.9 Å². The van der Waals surface area contributed by atoms with Gasteiger partial charge in [0.25, 0.3) is 0 Å². The molecule has 6 rings (SSSR count). The van der Waals surface area contributed by atoms with Crippen LogP contribution in [0.5, 0.6) is 0 Å². The quantitative estimate of drug-likeness (QED) is 0.200. The highest BCUT2D eigenvalue weighted by Crippen LogP contribution is 2.38. The lowest BCUT2D eigenvalue weighted by molar-refractivity contribution is -0.185. The second kappa shape index (κ2) is 11.4. The molecule has 3 aromatic rings. The summed E-state index contributed by atoms with van der Waals surface area (Å²) < 4.78 is 28.5. The van der Waals surface area contributed by atoms with Crippen molar-refractivity contribution in [3.05, 3.63) is 68.8 Å². The molecule has 1 N–H and O–H groups in total. The van der Waals surface area contributed by atoms with Crippen LogP contribution in [0, 0.1) is 14.8 Å². The zero-order chi connectivity index (χ0) is 26.9. The fraction of sp³-hybridized carbons (Fsp3) is 0.448. The summed E-state index contributed by atoms with van der Waals surface area (Å²) in [6.45, 7) is 1.54. The van der Waals surface area contributed by atoms with Crippen LogP contribution in [0.25, 0.3) is 5.65 Å². The van der Waals surface area contributed by atoms with E-state index in [0.717, 1.165) is 78.6 Å². The van der Waals surface area contributed by atoms with Gasteiger partial charge in [0.2, 0.25) is 5.78 Å². The van der Waals surface area contributed by atoms with E-state index in [9.17, 15) is 9.18 Å². The summed E-state index contributed by atoms with van der Waals surface area (Å²) in [4.78, 5) is 20.1. The Labute approximate surface area is 240 Å². The number of nitrogens with zero attached hydrogens (tertiary/aromatic N) is 4. The van der Waals surface area contributed by atoms with E-state index in [0.29, 0.717) is 17.6 Å². The number of benzene rings is 1. The van der Waals surface area contributed by atoms with Crippen LogP contribution in [-0.2, 0) is 14.3 Å². The number of ketones is 1. The fourth-order valence-corrected chi connectivity index (χ4v) is 6.54. The van der Waals surface area contributed by atoms with Crippen LogP contribution in [0.3, 0.4) is 0 Å². The maximum atomic E-state index is 14.1. The minimum absolute atomic E-state index is 0.0104. The summed E-state index contributed by atoms with van der Waals surface area (Å²) in [6, 6.07) is 6.79. The zero-order valence-corrected chi connectivity index (χ0v) is 23.8. The van der Waals surface area contributed by atoms with Crippen LogP contribution in [0.1, 0.15) is 68.5 Å². The van der Waals surface area contributed by atoms with Gasteiger partial charge in [0.1, 0.15) is 17.3 Å². The SMILES string of the molecule is N=C(C(=O)/C=C1/CC[C@H](OC2CCCCO2)C1)c1cnn2ccc(N3CCC[C@@H]3c3cc(F)ccc3I)nc12. The Bertz CT molecular complexity index is 1430. The third-order valence-corrected chi connectivity index (χ3v) is 8.81. The summed E-state index contributed by atoms with van der Waals surface area (Å²) >= 11 is 2.25. The third-order valence-electron chi connectivity index (χ3n) is 7.83. The number of carbonyl (C=O) groups is 1. The lowest BCUT2D eigenvalue weighted by Crippen LogP contribution is -2.26. The molecule has 2 saturated heterocycles. The molecule has 1 aliphatic carbocycles. The van der Waals surface area contributed by atoms with E-state index >= 15 is 0 Å². The zero-order valence-electron chi connectivity index (χ0n) is 21.6. The van der Waals surface area contributed by atoms with Gasteiger partial charge < -0.3 is 14.4 Å². The fourth-order valence-electron chi connectivity index (χ4n) is 5.84. The number of carbonyl (C=O) groups excluding carboxylic acids is 1. The van der Waals surface area contributed by atoms with Gasteiger partial charge in [-0.25, -0.2) is 13.9 Å². The lowest BCUT2D eigenvalue weighted by atomic mass is 10.0. The molecular weight excluding hydrogens is 612 g/mol. The van der Waals surface area contributed by atoms with Crippen LogP contribution in [0.15, 0.2) is 48.3 Å². The van der Waals surface area contributed by atoms with Gasteiger partial charge in [-0.3, -0.25) is 10.2 Å². The van der Waals surface area contributed by atoms with Crippen LogP contribution >= 0.6 is 22.6 Å². The molecule has 1 aromatic carbocycles. The number of nitrogens with one attached hydrogen (secondary N) is 1. The molecule has 1 saturated carbocycles. The van der Waals surface area contributed by atoms with Gasteiger partial charge in [0, 0.05) is 22.9 Å². The predicted molar refractivity (Wildman–Crippen MR) is 154 cm³/mol. The highest BCUT2D eigenvalue weighted by Gasteiger charge is 2.30. The number of hydrogen-bond acceptors (Lipinski definition) is 7. The number of anilines is 1. The topological polar surface area (TPSA) is 92.8 Å². The molecule has 10 heteroatoms. The first-order valence-electron chi connectivity index (χ1n) is 13.6. The molecule has 2 aliphatic heterocycles. The minimum atomic E-state index is -0.352. The third kappa shape index (κ3) is 5.64. The molecule has 8 nitrogen and oxygen atoms in total. The number of fused-ring (bicyclic) bond motifs is 1. The highest BCUT2D eigenvalue weighted by atomic mass is 127. The van der Waals surface area contributed by atoms with Crippen LogP contribution < -0.4 is 4.90 Å². The van der Waals surface area contributed by atoms with E-state index in [1.54, 1.807) is 28.9 Å². The molecule has 3 fully saturated rings. The first-order valence-corrected chi connectivity index (χ1v) is 14.7. The van der Waals surface area contributed by atoms with Gasteiger partial charge in [-0.15, -0.1) is 0 Å². The van der Waals surface area contributed by atoms with E-state index in [1.165, 1.54) is 12.3 Å².